The number of ether oxygens (including phenoxy) is 1. The standard InChI is InChI=1S/C29H52O/c1-7-30-23-15-17-28(5)22(19-23)11-12-24-26-14-13-25(21(4)10-8-9-20(2)3)29(26,6)18-16-27(24)28/h20-27H,7-19H2,1-6H3/t21-,22+,23+,24?,25-,26?,27?,28?,29?/m1/s1. The summed E-state index contributed by atoms with van der Waals surface area (Å²) in [6.45, 7) is 15.9. The smallest absolute Gasteiger partial charge is 0.0578 e. The van der Waals surface area contributed by atoms with Gasteiger partial charge in [0.05, 0.1) is 6.10 Å². The SMILES string of the molecule is CCO[C@H]1CCC2(C)C3CCC4(C)C(CC[C@@H]4[C@H](C)CCCC(C)C)C3CC[C@H]2C1. The normalized spacial score (nSPS) is 46.9. The summed E-state index contributed by atoms with van der Waals surface area (Å²) in [6.07, 6.45) is 18.1. The van der Waals surface area contributed by atoms with Crippen LogP contribution in [0.4, 0.5) is 0 Å². The fraction of sp³-hybridized carbons (Fsp3) is 1.00. The molecule has 0 saturated heterocycles. The summed E-state index contributed by atoms with van der Waals surface area (Å²) in [6, 6.07) is 0. The Labute approximate surface area is 188 Å². The minimum absolute atomic E-state index is 0.557. The lowest BCUT2D eigenvalue weighted by Crippen LogP contribution is -2.54. The highest BCUT2D eigenvalue weighted by Crippen LogP contribution is 2.68. The topological polar surface area (TPSA) is 9.23 Å². The van der Waals surface area contributed by atoms with Gasteiger partial charge in [0, 0.05) is 6.61 Å². The van der Waals surface area contributed by atoms with Crippen LogP contribution in [-0.2, 0) is 4.74 Å². The molecular formula is C29H52O. The van der Waals surface area contributed by atoms with Crippen molar-refractivity contribution in [2.45, 2.75) is 125 Å². The molecule has 0 aromatic rings. The molecule has 4 fully saturated rings. The van der Waals surface area contributed by atoms with Crippen molar-refractivity contribution >= 4 is 0 Å². The number of hydrogen-bond donors (Lipinski definition) is 0. The molecule has 4 rings (SSSR count). The Morgan fingerprint density at radius 3 is 2.30 bits per heavy atom. The molecule has 0 aliphatic heterocycles. The van der Waals surface area contributed by atoms with Gasteiger partial charge in [-0.3, -0.25) is 0 Å². The zero-order chi connectivity index (χ0) is 21.5. The maximum Gasteiger partial charge on any atom is 0.0578 e. The Bertz CT molecular complexity index is 569. The van der Waals surface area contributed by atoms with E-state index >= 15 is 0 Å². The van der Waals surface area contributed by atoms with Gasteiger partial charge in [0.1, 0.15) is 0 Å². The van der Waals surface area contributed by atoms with Gasteiger partial charge in [-0.15, -0.1) is 0 Å². The highest BCUT2D eigenvalue weighted by molar-refractivity contribution is 5.09. The first kappa shape index (κ1) is 23.1. The summed E-state index contributed by atoms with van der Waals surface area (Å²) >= 11 is 0. The van der Waals surface area contributed by atoms with Gasteiger partial charge >= 0.3 is 0 Å². The quantitative estimate of drug-likeness (QED) is 0.404. The molecule has 9 atom stereocenters. The third-order valence-corrected chi connectivity index (χ3v) is 11.2. The fourth-order valence-corrected chi connectivity index (χ4v) is 9.63. The van der Waals surface area contributed by atoms with E-state index in [0.717, 1.165) is 48.0 Å². The Morgan fingerprint density at radius 2 is 1.57 bits per heavy atom. The van der Waals surface area contributed by atoms with Crippen LogP contribution in [0.3, 0.4) is 0 Å². The minimum Gasteiger partial charge on any atom is -0.378 e. The van der Waals surface area contributed by atoms with Crippen molar-refractivity contribution in [3.8, 4) is 0 Å². The molecule has 0 radical (unpaired) electrons. The lowest BCUT2D eigenvalue weighted by Gasteiger charge is -2.61. The molecule has 0 N–H and O–H groups in total. The van der Waals surface area contributed by atoms with Crippen molar-refractivity contribution < 1.29 is 4.74 Å². The molecule has 4 saturated carbocycles. The molecule has 0 heterocycles. The van der Waals surface area contributed by atoms with Gasteiger partial charge in [-0.25, -0.2) is 0 Å². The molecule has 0 bridgehead atoms. The van der Waals surface area contributed by atoms with E-state index in [1.807, 2.05) is 0 Å². The van der Waals surface area contributed by atoms with E-state index in [-0.39, 0.29) is 0 Å². The number of fused-ring (bicyclic) bond motifs is 5. The first-order chi connectivity index (χ1) is 14.3. The predicted molar refractivity (Wildman–Crippen MR) is 128 cm³/mol. The second-order valence-electron chi connectivity index (χ2n) is 13.0. The predicted octanol–water partition coefficient (Wildman–Crippen LogP) is 8.51. The zero-order valence-corrected chi connectivity index (χ0v) is 21.2. The maximum atomic E-state index is 6.09. The summed E-state index contributed by atoms with van der Waals surface area (Å²) in [4.78, 5) is 0. The summed E-state index contributed by atoms with van der Waals surface area (Å²) < 4.78 is 6.09. The summed E-state index contributed by atoms with van der Waals surface area (Å²) in [7, 11) is 0. The van der Waals surface area contributed by atoms with Crippen LogP contribution in [0.1, 0.15) is 119 Å². The Morgan fingerprint density at radius 1 is 0.833 bits per heavy atom. The Balaban J connectivity index is 1.43. The van der Waals surface area contributed by atoms with Crippen LogP contribution in [0, 0.1) is 52.3 Å². The van der Waals surface area contributed by atoms with Crippen molar-refractivity contribution in [2.75, 3.05) is 6.61 Å². The number of rotatable bonds is 7. The van der Waals surface area contributed by atoms with E-state index in [9.17, 15) is 0 Å². The molecule has 0 aromatic carbocycles. The molecule has 30 heavy (non-hydrogen) atoms. The fourth-order valence-electron chi connectivity index (χ4n) is 9.63. The minimum atomic E-state index is 0.557. The van der Waals surface area contributed by atoms with Gasteiger partial charge in [0.15, 0.2) is 0 Å². The summed E-state index contributed by atoms with van der Waals surface area (Å²) in [5.74, 6) is 6.79. The number of hydrogen-bond acceptors (Lipinski definition) is 1. The third kappa shape index (κ3) is 4.04. The van der Waals surface area contributed by atoms with Crippen LogP contribution in [0.15, 0.2) is 0 Å². The second kappa shape index (κ2) is 9.07. The van der Waals surface area contributed by atoms with E-state index in [0.29, 0.717) is 16.9 Å². The van der Waals surface area contributed by atoms with Crippen LogP contribution >= 0.6 is 0 Å². The molecule has 174 valence electrons. The Hall–Kier alpha value is -0.0400. The van der Waals surface area contributed by atoms with Crippen LogP contribution in [-0.4, -0.2) is 12.7 Å². The third-order valence-electron chi connectivity index (χ3n) is 11.2. The summed E-state index contributed by atoms with van der Waals surface area (Å²) in [5, 5.41) is 0. The van der Waals surface area contributed by atoms with E-state index in [4.69, 9.17) is 4.74 Å². The van der Waals surface area contributed by atoms with Crippen molar-refractivity contribution in [3.63, 3.8) is 0 Å². The average molecular weight is 417 g/mol. The van der Waals surface area contributed by atoms with Crippen LogP contribution in [0.5, 0.6) is 0 Å². The van der Waals surface area contributed by atoms with Gasteiger partial charge in [-0.05, 0) is 117 Å². The molecule has 4 aliphatic carbocycles. The van der Waals surface area contributed by atoms with Crippen LogP contribution in [0.2, 0.25) is 0 Å². The monoisotopic (exact) mass is 416 g/mol. The zero-order valence-electron chi connectivity index (χ0n) is 21.2. The Kier molecular flexibility index (Phi) is 6.99. The van der Waals surface area contributed by atoms with Crippen molar-refractivity contribution in [3.05, 3.63) is 0 Å². The maximum absolute atomic E-state index is 6.09. The van der Waals surface area contributed by atoms with Crippen LogP contribution in [0.25, 0.3) is 0 Å². The van der Waals surface area contributed by atoms with Gasteiger partial charge in [-0.2, -0.15) is 0 Å². The van der Waals surface area contributed by atoms with Gasteiger partial charge < -0.3 is 4.74 Å². The largest absolute Gasteiger partial charge is 0.378 e. The average Bonchev–Trinajstić information content (AvgIpc) is 3.05. The van der Waals surface area contributed by atoms with E-state index in [1.54, 1.807) is 6.42 Å². The van der Waals surface area contributed by atoms with Gasteiger partial charge in [0.25, 0.3) is 0 Å². The molecule has 0 aromatic heterocycles. The first-order valence-electron chi connectivity index (χ1n) is 13.9. The molecule has 4 aliphatic rings. The molecule has 0 amide bonds. The van der Waals surface area contributed by atoms with Gasteiger partial charge in [-0.1, -0.05) is 53.9 Å². The molecule has 5 unspecified atom stereocenters. The van der Waals surface area contributed by atoms with E-state index in [1.165, 1.54) is 70.6 Å². The first-order valence-corrected chi connectivity index (χ1v) is 13.9. The van der Waals surface area contributed by atoms with Crippen molar-refractivity contribution in [1.29, 1.82) is 0 Å². The van der Waals surface area contributed by atoms with E-state index < -0.39 is 0 Å². The highest BCUT2D eigenvalue weighted by atomic mass is 16.5. The lowest BCUT2D eigenvalue weighted by molar-refractivity contribution is -0.136. The van der Waals surface area contributed by atoms with Crippen LogP contribution < -0.4 is 0 Å². The highest BCUT2D eigenvalue weighted by Gasteiger charge is 2.60. The van der Waals surface area contributed by atoms with Crippen molar-refractivity contribution in [2.24, 2.45) is 52.3 Å². The van der Waals surface area contributed by atoms with E-state index in [2.05, 4.69) is 41.5 Å². The second-order valence-corrected chi connectivity index (χ2v) is 13.0. The van der Waals surface area contributed by atoms with Crippen molar-refractivity contribution in [1.82, 2.24) is 0 Å². The molecule has 1 nitrogen and oxygen atoms in total. The molecule has 1 heteroatoms. The molecule has 0 spiro atoms. The molecular weight excluding hydrogens is 364 g/mol. The lowest BCUT2D eigenvalue weighted by atomic mass is 9.44. The summed E-state index contributed by atoms with van der Waals surface area (Å²) in [5.41, 5.74) is 1.25. The van der Waals surface area contributed by atoms with Gasteiger partial charge in [0.2, 0.25) is 0 Å².